The van der Waals surface area contributed by atoms with Gasteiger partial charge in [0.15, 0.2) is 6.04 Å². The normalized spacial score (nSPS) is 11.7. The summed E-state index contributed by atoms with van der Waals surface area (Å²) in [5.74, 6) is -1.38. The van der Waals surface area contributed by atoms with Crippen LogP contribution in [0.15, 0.2) is 54.6 Å². The number of hydrogen-bond acceptors (Lipinski definition) is 2. The average Bonchev–Trinajstić information content (AvgIpc) is 2.45. The largest absolute Gasteiger partial charge is 0.479 e. The van der Waals surface area contributed by atoms with E-state index < -0.39 is 12.0 Å². The molecule has 0 aliphatic carbocycles. The molecule has 2 N–H and O–H groups in total. The maximum atomic E-state index is 12.0. The highest BCUT2D eigenvalue weighted by Crippen LogP contribution is 2.13. The van der Waals surface area contributed by atoms with Gasteiger partial charge in [0.1, 0.15) is 0 Å². The van der Waals surface area contributed by atoms with Gasteiger partial charge in [0.25, 0.3) is 0 Å². The van der Waals surface area contributed by atoms with Gasteiger partial charge in [-0.25, -0.2) is 4.79 Å². The van der Waals surface area contributed by atoms with E-state index in [-0.39, 0.29) is 12.3 Å². The van der Waals surface area contributed by atoms with Crippen LogP contribution in [0.1, 0.15) is 22.7 Å². The topological polar surface area (TPSA) is 66.4 Å². The van der Waals surface area contributed by atoms with Crippen molar-refractivity contribution >= 4 is 11.9 Å². The molecule has 0 spiro atoms. The standard InChI is InChI=1S/C17H17NO3/c1-12-6-5-7-13(10-12)11-15(19)18-16(17(20)21)14-8-3-2-4-9-14/h2-10,16H,11H2,1H3,(H,18,19)(H,20,21). The Balaban J connectivity index is 2.07. The molecule has 1 atom stereocenters. The second-order valence-corrected chi connectivity index (χ2v) is 4.92. The highest BCUT2D eigenvalue weighted by molar-refractivity contribution is 5.85. The van der Waals surface area contributed by atoms with Crippen molar-refractivity contribution in [1.29, 1.82) is 0 Å². The van der Waals surface area contributed by atoms with Crippen molar-refractivity contribution in [3.63, 3.8) is 0 Å². The second kappa shape index (κ2) is 6.70. The van der Waals surface area contributed by atoms with Gasteiger partial charge in [-0.15, -0.1) is 0 Å². The number of benzene rings is 2. The van der Waals surface area contributed by atoms with Gasteiger partial charge in [-0.2, -0.15) is 0 Å². The molecule has 2 aromatic rings. The summed E-state index contributed by atoms with van der Waals surface area (Å²) in [5, 5.41) is 11.8. The van der Waals surface area contributed by atoms with Crippen LogP contribution in [0.5, 0.6) is 0 Å². The first-order chi connectivity index (χ1) is 10.1. The lowest BCUT2D eigenvalue weighted by molar-refractivity contribution is -0.141. The predicted octanol–water partition coefficient (Wildman–Crippen LogP) is 2.48. The monoisotopic (exact) mass is 283 g/mol. The Morgan fingerprint density at radius 1 is 1.10 bits per heavy atom. The number of aliphatic carboxylic acids is 1. The van der Waals surface area contributed by atoms with Gasteiger partial charge in [-0.3, -0.25) is 4.79 Å². The first kappa shape index (κ1) is 14.8. The van der Waals surface area contributed by atoms with Crippen molar-refractivity contribution in [2.75, 3.05) is 0 Å². The molecule has 1 amide bonds. The van der Waals surface area contributed by atoms with Gasteiger partial charge in [0.2, 0.25) is 5.91 Å². The maximum Gasteiger partial charge on any atom is 0.330 e. The number of carboxylic acid groups (broad SMARTS) is 1. The fourth-order valence-corrected chi connectivity index (χ4v) is 2.15. The van der Waals surface area contributed by atoms with Crippen molar-refractivity contribution in [1.82, 2.24) is 5.32 Å². The zero-order valence-corrected chi connectivity index (χ0v) is 11.7. The lowest BCUT2D eigenvalue weighted by atomic mass is 10.1. The Kier molecular flexibility index (Phi) is 4.72. The Morgan fingerprint density at radius 3 is 2.43 bits per heavy atom. The van der Waals surface area contributed by atoms with Crippen LogP contribution in [-0.2, 0) is 16.0 Å². The van der Waals surface area contributed by atoms with E-state index in [9.17, 15) is 14.7 Å². The average molecular weight is 283 g/mol. The summed E-state index contributed by atoms with van der Waals surface area (Å²) in [4.78, 5) is 23.4. The van der Waals surface area contributed by atoms with Crippen LogP contribution in [0.25, 0.3) is 0 Å². The van der Waals surface area contributed by atoms with Gasteiger partial charge in [-0.1, -0.05) is 60.2 Å². The van der Waals surface area contributed by atoms with Crippen LogP contribution in [0, 0.1) is 6.92 Å². The van der Waals surface area contributed by atoms with Crippen LogP contribution in [0.3, 0.4) is 0 Å². The fourth-order valence-electron chi connectivity index (χ4n) is 2.15. The van der Waals surface area contributed by atoms with E-state index in [1.54, 1.807) is 30.3 Å². The van der Waals surface area contributed by atoms with Crippen LogP contribution >= 0.6 is 0 Å². The maximum absolute atomic E-state index is 12.0. The summed E-state index contributed by atoms with van der Waals surface area (Å²) >= 11 is 0. The molecule has 0 aromatic heterocycles. The lowest BCUT2D eigenvalue weighted by Crippen LogP contribution is -2.34. The van der Waals surface area contributed by atoms with Crippen LogP contribution in [-0.4, -0.2) is 17.0 Å². The van der Waals surface area contributed by atoms with E-state index in [0.717, 1.165) is 11.1 Å². The Bertz CT molecular complexity index is 637. The molecule has 108 valence electrons. The zero-order valence-electron chi connectivity index (χ0n) is 11.7. The molecule has 0 saturated heterocycles. The number of aryl methyl sites for hydroxylation is 1. The first-order valence-electron chi connectivity index (χ1n) is 6.69. The molecule has 2 aromatic carbocycles. The van der Waals surface area contributed by atoms with Crippen LogP contribution in [0.4, 0.5) is 0 Å². The van der Waals surface area contributed by atoms with Gasteiger partial charge in [0.05, 0.1) is 6.42 Å². The first-order valence-corrected chi connectivity index (χ1v) is 6.69. The summed E-state index contributed by atoms with van der Waals surface area (Å²) in [6, 6.07) is 15.2. The minimum absolute atomic E-state index is 0.165. The summed E-state index contributed by atoms with van der Waals surface area (Å²) in [6.45, 7) is 1.95. The van der Waals surface area contributed by atoms with E-state index >= 15 is 0 Å². The number of carbonyl (C=O) groups is 2. The van der Waals surface area contributed by atoms with Gasteiger partial charge < -0.3 is 10.4 Å². The minimum atomic E-state index is -1.07. The van der Waals surface area contributed by atoms with Crippen molar-refractivity contribution in [3.05, 3.63) is 71.3 Å². The smallest absolute Gasteiger partial charge is 0.330 e. The quantitative estimate of drug-likeness (QED) is 0.886. The third-order valence-corrected chi connectivity index (χ3v) is 3.13. The molecule has 0 saturated carbocycles. The molecule has 0 radical (unpaired) electrons. The molecule has 1 unspecified atom stereocenters. The second-order valence-electron chi connectivity index (χ2n) is 4.92. The van der Waals surface area contributed by atoms with Gasteiger partial charge in [-0.05, 0) is 18.1 Å². The molecule has 0 aliphatic rings. The molecule has 0 aliphatic heterocycles. The molecule has 4 heteroatoms. The van der Waals surface area contributed by atoms with E-state index in [4.69, 9.17) is 0 Å². The zero-order chi connectivity index (χ0) is 15.2. The van der Waals surface area contributed by atoms with E-state index in [1.165, 1.54) is 0 Å². The fraction of sp³-hybridized carbons (Fsp3) is 0.176. The molecule has 0 fully saturated rings. The Morgan fingerprint density at radius 2 is 1.81 bits per heavy atom. The Labute approximate surface area is 123 Å². The summed E-state index contributed by atoms with van der Waals surface area (Å²) < 4.78 is 0. The minimum Gasteiger partial charge on any atom is -0.479 e. The number of amides is 1. The van der Waals surface area contributed by atoms with Crippen LogP contribution < -0.4 is 5.32 Å². The number of nitrogens with one attached hydrogen (secondary N) is 1. The molecule has 4 nitrogen and oxygen atoms in total. The van der Waals surface area contributed by atoms with E-state index in [1.807, 2.05) is 31.2 Å². The van der Waals surface area contributed by atoms with E-state index in [0.29, 0.717) is 5.56 Å². The summed E-state index contributed by atoms with van der Waals surface area (Å²) in [5.41, 5.74) is 2.49. The summed E-state index contributed by atoms with van der Waals surface area (Å²) in [6.07, 6.45) is 0.165. The third-order valence-electron chi connectivity index (χ3n) is 3.13. The molecule has 0 bridgehead atoms. The van der Waals surface area contributed by atoms with E-state index in [2.05, 4.69) is 5.32 Å². The molecule has 2 rings (SSSR count). The molecular weight excluding hydrogens is 266 g/mol. The van der Waals surface area contributed by atoms with Crippen LogP contribution in [0.2, 0.25) is 0 Å². The van der Waals surface area contributed by atoms with Gasteiger partial charge in [0, 0.05) is 0 Å². The Hall–Kier alpha value is -2.62. The van der Waals surface area contributed by atoms with Crippen molar-refractivity contribution in [3.8, 4) is 0 Å². The number of carbonyl (C=O) groups excluding carboxylic acids is 1. The summed E-state index contributed by atoms with van der Waals surface area (Å²) in [7, 11) is 0. The van der Waals surface area contributed by atoms with Gasteiger partial charge >= 0.3 is 5.97 Å². The third kappa shape index (κ3) is 4.18. The van der Waals surface area contributed by atoms with Crippen molar-refractivity contribution in [2.45, 2.75) is 19.4 Å². The SMILES string of the molecule is Cc1cccc(CC(=O)NC(C(=O)O)c2ccccc2)c1. The number of hydrogen-bond donors (Lipinski definition) is 2. The predicted molar refractivity (Wildman–Crippen MR) is 79.8 cm³/mol. The molecule has 21 heavy (non-hydrogen) atoms. The molecular formula is C17H17NO3. The highest BCUT2D eigenvalue weighted by Gasteiger charge is 2.21. The van der Waals surface area contributed by atoms with Crippen molar-refractivity contribution in [2.24, 2.45) is 0 Å². The number of rotatable bonds is 5. The highest BCUT2D eigenvalue weighted by atomic mass is 16.4. The van der Waals surface area contributed by atoms with Crippen molar-refractivity contribution < 1.29 is 14.7 Å². The number of carboxylic acids is 1. The molecule has 0 heterocycles. The lowest BCUT2D eigenvalue weighted by Gasteiger charge is -2.15.